The Morgan fingerprint density at radius 3 is 2.46 bits per heavy atom. The first-order chi connectivity index (χ1) is 6.06. The molecule has 0 rings (SSSR count). The number of methoxy groups -OCH3 is 1. The van der Waals surface area contributed by atoms with Gasteiger partial charge in [-0.3, -0.25) is 4.79 Å². The summed E-state index contributed by atoms with van der Waals surface area (Å²) in [6, 6.07) is 0. The molecule has 0 fully saturated rings. The van der Waals surface area contributed by atoms with Crippen LogP contribution in [-0.4, -0.2) is 18.9 Å². The van der Waals surface area contributed by atoms with Gasteiger partial charge in [-0.25, -0.2) is 0 Å². The SMILES string of the molecule is COC(=O)CCCC(C)CC(C)=O. The minimum atomic E-state index is -0.171. The third-order valence-corrected chi connectivity index (χ3v) is 1.94. The first kappa shape index (κ1) is 12.1. The number of hydrogen-bond acceptors (Lipinski definition) is 3. The molecule has 76 valence electrons. The Hall–Kier alpha value is -0.860. The van der Waals surface area contributed by atoms with E-state index < -0.39 is 0 Å². The Balaban J connectivity index is 3.42. The summed E-state index contributed by atoms with van der Waals surface area (Å²) in [5.41, 5.74) is 0. The second kappa shape index (κ2) is 6.63. The van der Waals surface area contributed by atoms with E-state index in [1.54, 1.807) is 6.92 Å². The summed E-state index contributed by atoms with van der Waals surface area (Å²) < 4.78 is 4.51. The molecule has 0 aromatic heterocycles. The Morgan fingerprint density at radius 2 is 2.00 bits per heavy atom. The van der Waals surface area contributed by atoms with Crippen LogP contribution < -0.4 is 0 Å². The molecule has 13 heavy (non-hydrogen) atoms. The average Bonchev–Trinajstić information content (AvgIpc) is 2.02. The lowest BCUT2D eigenvalue weighted by Crippen LogP contribution is -2.04. The number of carbonyl (C=O) groups is 2. The molecule has 0 amide bonds. The largest absolute Gasteiger partial charge is 0.469 e. The van der Waals surface area contributed by atoms with Gasteiger partial charge >= 0.3 is 5.97 Å². The zero-order chi connectivity index (χ0) is 10.3. The molecule has 0 N–H and O–H groups in total. The molecule has 0 bridgehead atoms. The summed E-state index contributed by atoms with van der Waals surface area (Å²) in [5, 5.41) is 0. The number of esters is 1. The zero-order valence-corrected chi connectivity index (χ0v) is 8.63. The van der Waals surface area contributed by atoms with Crippen molar-refractivity contribution in [3.63, 3.8) is 0 Å². The Morgan fingerprint density at radius 1 is 1.38 bits per heavy atom. The molecular weight excluding hydrogens is 168 g/mol. The third-order valence-electron chi connectivity index (χ3n) is 1.94. The number of ether oxygens (including phenoxy) is 1. The van der Waals surface area contributed by atoms with Crippen molar-refractivity contribution >= 4 is 11.8 Å². The average molecular weight is 186 g/mol. The lowest BCUT2D eigenvalue weighted by molar-refractivity contribution is -0.140. The third kappa shape index (κ3) is 7.50. The number of hydrogen-bond donors (Lipinski definition) is 0. The van der Waals surface area contributed by atoms with Crippen molar-refractivity contribution in [2.45, 2.75) is 39.5 Å². The summed E-state index contributed by atoms with van der Waals surface area (Å²) in [4.78, 5) is 21.4. The van der Waals surface area contributed by atoms with Gasteiger partial charge in [0.25, 0.3) is 0 Å². The quantitative estimate of drug-likeness (QED) is 0.595. The predicted molar refractivity (Wildman–Crippen MR) is 50.3 cm³/mol. The zero-order valence-electron chi connectivity index (χ0n) is 8.63. The molecule has 3 nitrogen and oxygen atoms in total. The van der Waals surface area contributed by atoms with Gasteiger partial charge in [0.1, 0.15) is 5.78 Å². The summed E-state index contributed by atoms with van der Waals surface area (Å²) in [6.07, 6.45) is 2.79. The Labute approximate surface area is 79.5 Å². The normalized spacial score (nSPS) is 12.2. The smallest absolute Gasteiger partial charge is 0.305 e. The van der Waals surface area contributed by atoms with E-state index in [1.165, 1.54) is 7.11 Å². The maximum Gasteiger partial charge on any atom is 0.305 e. The van der Waals surface area contributed by atoms with Crippen molar-refractivity contribution in [2.24, 2.45) is 5.92 Å². The maximum absolute atomic E-state index is 10.7. The van der Waals surface area contributed by atoms with Gasteiger partial charge in [0.05, 0.1) is 7.11 Å². The maximum atomic E-state index is 10.7. The summed E-state index contributed by atoms with van der Waals surface area (Å²) in [6.45, 7) is 3.62. The number of carbonyl (C=O) groups excluding carboxylic acids is 2. The molecule has 0 aromatic rings. The molecular formula is C10H18O3. The minimum absolute atomic E-state index is 0.171. The van der Waals surface area contributed by atoms with Crippen LogP contribution in [0.25, 0.3) is 0 Å². The number of Topliss-reactive ketones (excluding diaryl/α,β-unsaturated/α-hetero) is 1. The van der Waals surface area contributed by atoms with Crippen LogP contribution in [0.2, 0.25) is 0 Å². The number of ketones is 1. The van der Waals surface area contributed by atoms with Gasteiger partial charge < -0.3 is 9.53 Å². The topological polar surface area (TPSA) is 43.4 Å². The molecule has 0 saturated heterocycles. The molecule has 1 unspecified atom stereocenters. The molecule has 1 atom stereocenters. The van der Waals surface area contributed by atoms with Gasteiger partial charge in [-0.2, -0.15) is 0 Å². The van der Waals surface area contributed by atoms with Crippen LogP contribution in [0.5, 0.6) is 0 Å². The molecule has 0 aromatic carbocycles. The second-order valence-corrected chi connectivity index (χ2v) is 3.48. The predicted octanol–water partition coefficient (Wildman–Crippen LogP) is 1.94. The van der Waals surface area contributed by atoms with Gasteiger partial charge in [-0.1, -0.05) is 6.92 Å². The Kier molecular flexibility index (Phi) is 6.20. The van der Waals surface area contributed by atoms with Gasteiger partial charge in [0.15, 0.2) is 0 Å². The van der Waals surface area contributed by atoms with E-state index in [1.807, 2.05) is 6.92 Å². The highest BCUT2D eigenvalue weighted by atomic mass is 16.5. The van der Waals surface area contributed by atoms with E-state index in [0.717, 1.165) is 12.8 Å². The fourth-order valence-corrected chi connectivity index (χ4v) is 1.29. The summed E-state index contributed by atoms with van der Waals surface area (Å²) in [5.74, 6) is 0.419. The first-order valence-corrected chi connectivity index (χ1v) is 4.62. The van der Waals surface area contributed by atoms with Crippen molar-refractivity contribution in [3.05, 3.63) is 0 Å². The molecule has 0 aliphatic heterocycles. The van der Waals surface area contributed by atoms with Crippen molar-refractivity contribution in [2.75, 3.05) is 7.11 Å². The summed E-state index contributed by atoms with van der Waals surface area (Å²) >= 11 is 0. The fraction of sp³-hybridized carbons (Fsp3) is 0.800. The van der Waals surface area contributed by atoms with Gasteiger partial charge in [0, 0.05) is 12.8 Å². The minimum Gasteiger partial charge on any atom is -0.469 e. The van der Waals surface area contributed by atoms with Crippen LogP contribution in [0.4, 0.5) is 0 Å². The van der Waals surface area contributed by atoms with Crippen LogP contribution in [0.15, 0.2) is 0 Å². The van der Waals surface area contributed by atoms with Crippen molar-refractivity contribution < 1.29 is 14.3 Å². The highest BCUT2D eigenvalue weighted by Gasteiger charge is 2.06. The molecule has 0 radical (unpaired) electrons. The summed E-state index contributed by atoms with van der Waals surface area (Å²) in [7, 11) is 1.39. The van der Waals surface area contributed by atoms with E-state index in [0.29, 0.717) is 18.8 Å². The van der Waals surface area contributed by atoms with Crippen molar-refractivity contribution in [1.82, 2.24) is 0 Å². The highest BCUT2D eigenvalue weighted by Crippen LogP contribution is 2.12. The van der Waals surface area contributed by atoms with E-state index in [4.69, 9.17) is 0 Å². The highest BCUT2D eigenvalue weighted by molar-refractivity contribution is 5.75. The van der Waals surface area contributed by atoms with Crippen molar-refractivity contribution in [1.29, 1.82) is 0 Å². The van der Waals surface area contributed by atoms with Gasteiger partial charge in [-0.15, -0.1) is 0 Å². The van der Waals surface area contributed by atoms with Gasteiger partial charge in [0.2, 0.25) is 0 Å². The second-order valence-electron chi connectivity index (χ2n) is 3.48. The van der Waals surface area contributed by atoms with E-state index in [9.17, 15) is 9.59 Å². The molecule has 0 spiro atoms. The standard InChI is InChI=1S/C10H18O3/c1-8(7-9(2)11)5-4-6-10(12)13-3/h8H,4-7H2,1-3H3. The lowest BCUT2D eigenvalue weighted by Gasteiger charge is -2.07. The first-order valence-electron chi connectivity index (χ1n) is 4.62. The van der Waals surface area contributed by atoms with Crippen LogP contribution in [0.3, 0.4) is 0 Å². The molecule has 0 heterocycles. The van der Waals surface area contributed by atoms with Crippen LogP contribution >= 0.6 is 0 Å². The molecule has 3 heteroatoms. The Bertz CT molecular complexity index is 175. The number of rotatable bonds is 6. The van der Waals surface area contributed by atoms with Gasteiger partial charge in [-0.05, 0) is 25.7 Å². The molecule has 0 saturated carbocycles. The van der Waals surface area contributed by atoms with E-state index in [-0.39, 0.29) is 11.8 Å². The molecule has 0 aliphatic carbocycles. The molecule has 0 aliphatic rings. The van der Waals surface area contributed by atoms with Crippen LogP contribution in [0, 0.1) is 5.92 Å². The van der Waals surface area contributed by atoms with Crippen LogP contribution in [-0.2, 0) is 14.3 Å². The monoisotopic (exact) mass is 186 g/mol. The van der Waals surface area contributed by atoms with Crippen LogP contribution in [0.1, 0.15) is 39.5 Å². The lowest BCUT2D eigenvalue weighted by atomic mass is 9.99. The van der Waals surface area contributed by atoms with E-state index in [2.05, 4.69) is 4.74 Å². The van der Waals surface area contributed by atoms with Crippen molar-refractivity contribution in [3.8, 4) is 0 Å². The fourth-order valence-electron chi connectivity index (χ4n) is 1.29. The van der Waals surface area contributed by atoms with E-state index >= 15 is 0 Å².